The zero-order valence-electron chi connectivity index (χ0n) is 12.5. The van der Waals surface area contributed by atoms with Gasteiger partial charge < -0.3 is 16.4 Å². The van der Waals surface area contributed by atoms with Crippen LogP contribution in [-0.4, -0.2) is 37.6 Å². The highest BCUT2D eigenvalue weighted by Crippen LogP contribution is 2.09. The molecule has 0 aliphatic heterocycles. The number of unbranched alkanes of at least 4 members (excludes halogenated alkanes) is 8. The predicted octanol–water partition coefficient (Wildman–Crippen LogP) is 2.74. The van der Waals surface area contributed by atoms with E-state index in [0.29, 0.717) is 0 Å². The molecule has 0 aromatic heterocycles. The van der Waals surface area contributed by atoms with Gasteiger partial charge in [0.25, 0.3) is 0 Å². The van der Waals surface area contributed by atoms with Crippen molar-refractivity contribution in [2.24, 2.45) is 11.5 Å². The molecule has 0 aliphatic rings. The van der Waals surface area contributed by atoms with Crippen LogP contribution in [0.5, 0.6) is 0 Å². The summed E-state index contributed by atoms with van der Waals surface area (Å²) < 4.78 is 0. The minimum Gasteiger partial charge on any atom is -0.329 e. The quantitative estimate of drug-likeness (QED) is 0.470. The van der Waals surface area contributed by atoms with E-state index in [2.05, 4.69) is 11.8 Å². The Bertz CT molecular complexity index is 145. The summed E-state index contributed by atoms with van der Waals surface area (Å²) in [5.41, 5.74) is 11.2. The highest BCUT2D eigenvalue weighted by molar-refractivity contribution is 4.59. The van der Waals surface area contributed by atoms with Gasteiger partial charge in [0.15, 0.2) is 0 Å². The van der Waals surface area contributed by atoms with Gasteiger partial charge in [0.05, 0.1) is 0 Å². The van der Waals surface area contributed by atoms with Gasteiger partial charge in [-0.3, -0.25) is 0 Å². The molecule has 0 heterocycles. The van der Waals surface area contributed by atoms with Crippen molar-refractivity contribution in [1.82, 2.24) is 4.90 Å². The monoisotopic (exact) mass is 257 g/mol. The van der Waals surface area contributed by atoms with Crippen molar-refractivity contribution in [2.45, 2.75) is 64.7 Å². The predicted molar refractivity (Wildman–Crippen MR) is 81.8 cm³/mol. The summed E-state index contributed by atoms with van der Waals surface area (Å²) >= 11 is 0. The van der Waals surface area contributed by atoms with Crippen LogP contribution in [0.2, 0.25) is 0 Å². The first kappa shape index (κ1) is 17.9. The molecule has 0 radical (unpaired) electrons. The van der Waals surface area contributed by atoms with Crippen LogP contribution in [0.4, 0.5) is 0 Å². The molecule has 18 heavy (non-hydrogen) atoms. The van der Waals surface area contributed by atoms with E-state index in [1.165, 1.54) is 64.3 Å². The van der Waals surface area contributed by atoms with Crippen molar-refractivity contribution >= 4 is 0 Å². The normalized spacial score (nSPS) is 11.3. The second kappa shape index (κ2) is 14.9. The minimum atomic E-state index is 0.747. The second-order valence-corrected chi connectivity index (χ2v) is 5.25. The number of rotatable bonds is 14. The molecular weight excluding hydrogens is 222 g/mol. The average Bonchev–Trinajstić information content (AvgIpc) is 2.37. The summed E-state index contributed by atoms with van der Waals surface area (Å²) in [4.78, 5) is 2.39. The van der Waals surface area contributed by atoms with E-state index in [9.17, 15) is 0 Å². The van der Waals surface area contributed by atoms with E-state index in [0.717, 1.165) is 26.2 Å². The molecule has 4 N–H and O–H groups in total. The molecule has 0 aromatic carbocycles. The molecule has 110 valence electrons. The zero-order chi connectivity index (χ0) is 13.5. The summed E-state index contributed by atoms with van der Waals surface area (Å²) in [5.74, 6) is 0. The van der Waals surface area contributed by atoms with E-state index in [-0.39, 0.29) is 0 Å². The molecule has 0 spiro atoms. The Morgan fingerprint density at radius 1 is 0.611 bits per heavy atom. The summed E-state index contributed by atoms with van der Waals surface area (Å²) in [5, 5.41) is 0. The molecule has 0 amide bonds. The first-order valence-electron chi connectivity index (χ1n) is 7.97. The van der Waals surface area contributed by atoms with Gasteiger partial charge in [-0.1, -0.05) is 58.3 Å². The van der Waals surface area contributed by atoms with Crippen molar-refractivity contribution in [3.8, 4) is 0 Å². The second-order valence-electron chi connectivity index (χ2n) is 5.25. The number of nitrogens with two attached hydrogens (primary N) is 2. The molecule has 0 rings (SSSR count). The van der Waals surface area contributed by atoms with Crippen LogP contribution in [0.3, 0.4) is 0 Å². The SMILES string of the molecule is CCCCCCCCCCCN(CCN)CCN. The largest absolute Gasteiger partial charge is 0.329 e. The molecule has 0 saturated carbocycles. The highest BCUT2D eigenvalue weighted by Gasteiger charge is 2.01. The fourth-order valence-corrected chi connectivity index (χ4v) is 2.35. The average molecular weight is 257 g/mol. The van der Waals surface area contributed by atoms with Crippen LogP contribution in [0.25, 0.3) is 0 Å². The van der Waals surface area contributed by atoms with Gasteiger partial charge >= 0.3 is 0 Å². The molecular formula is C15H35N3. The molecule has 3 heteroatoms. The first-order chi connectivity index (χ1) is 8.85. The summed E-state index contributed by atoms with van der Waals surface area (Å²) in [6, 6.07) is 0. The van der Waals surface area contributed by atoms with Crippen molar-refractivity contribution in [1.29, 1.82) is 0 Å². The van der Waals surface area contributed by atoms with Crippen LogP contribution < -0.4 is 11.5 Å². The van der Waals surface area contributed by atoms with E-state index in [1.54, 1.807) is 0 Å². The van der Waals surface area contributed by atoms with Gasteiger partial charge in [-0.05, 0) is 13.0 Å². The molecule has 0 bridgehead atoms. The Kier molecular flexibility index (Phi) is 14.8. The van der Waals surface area contributed by atoms with Crippen LogP contribution in [0, 0.1) is 0 Å². The lowest BCUT2D eigenvalue weighted by Gasteiger charge is -2.20. The van der Waals surface area contributed by atoms with Gasteiger partial charge in [0.1, 0.15) is 0 Å². The third kappa shape index (κ3) is 12.3. The van der Waals surface area contributed by atoms with Crippen LogP contribution in [0.15, 0.2) is 0 Å². The maximum Gasteiger partial charge on any atom is 0.0105 e. The van der Waals surface area contributed by atoms with Crippen LogP contribution >= 0.6 is 0 Å². The molecule has 0 fully saturated rings. The Balaban J connectivity index is 3.21. The van der Waals surface area contributed by atoms with Crippen molar-refractivity contribution in [2.75, 3.05) is 32.7 Å². The number of hydrogen-bond acceptors (Lipinski definition) is 3. The highest BCUT2D eigenvalue weighted by atomic mass is 15.1. The third-order valence-corrected chi connectivity index (χ3v) is 3.47. The third-order valence-electron chi connectivity index (χ3n) is 3.47. The molecule has 0 aromatic rings. The fourth-order valence-electron chi connectivity index (χ4n) is 2.35. The number of hydrogen-bond donors (Lipinski definition) is 2. The van der Waals surface area contributed by atoms with E-state index in [1.807, 2.05) is 0 Å². The fraction of sp³-hybridized carbons (Fsp3) is 1.00. The Morgan fingerprint density at radius 2 is 1.06 bits per heavy atom. The van der Waals surface area contributed by atoms with Crippen LogP contribution in [-0.2, 0) is 0 Å². The Morgan fingerprint density at radius 3 is 1.50 bits per heavy atom. The van der Waals surface area contributed by atoms with E-state index < -0.39 is 0 Å². The smallest absolute Gasteiger partial charge is 0.0105 e. The Hall–Kier alpha value is -0.120. The Labute approximate surface area is 114 Å². The molecule has 0 aliphatic carbocycles. The molecule has 3 nitrogen and oxygen atoms in total. The summed E-state index contributed by atoms with van der Waals surface area (Å²) in [6.45, 7) is 6.93. The molecule has 0 unspecified atom stereocenters. The summed E-state index contributed by atoms with van der Waals surface area (Å²) in [6.07, 6.45) is 12.5. The lowest BCUT2D eigenvalue weighted by molar-refractivity contribution is 0.281. The van der Waals surface area contributed by atoms with Gasteiger partial charge in [-0.2, -0.15) is 0 Å². The lowest BCUT2D eigenvalue weighted by atomic mass is 10.1. The maximum atomic E-state index is 5.59. The zero-order valence-corrected chi connectivity index (χ0v) is 12.5. The van der Waals surface area contributed by atoms with E-state index >= 15 is 0 Å². The van der Waals surface area contributed by atoms with Gasteiger partial charge in [0.2, 0.25) is 0 Å². The standard InChI is InChI=1S/C15H35N3/c1-2-3-4-5-6-7-8-9-10-13-18(14-11-16)15-12-17/h2-17H2,1H3. The minimum absolute atomic E-state index is 0.747. The molecule has 0 atom stereocenters. The van der Waals surface area contributed by atoms with E-state index in [4.69, 9.17) is 11.5 Å². The van der Waals surface area contributed by atoms with Crippen LogP contribution in [0.1, 0.15) is 64.7 Å². The summed E-state index contributed by atoms with van der Waals surface area (Å²) in [7, 11) is 0. The van der Waals surface area contributed by atoms with Crippen molar-refractivity contribution in [3.05, 3.63) is 0 Å². The maximum absolute atomic E-state index is 5.59. The van der Waals surface area contributed by atoms with Gasteiger partial charge in [-0.25, -0.2) is 0 Å². The number of nitrogens with zero attached hydrogens (tertiary/aromatic N) is 1. The van der Waals surface area contributed by atoms with Gasteiger partial charge in [-0.15, -0.1) is 0 Å². The first-order valence-corrected chi connectivity index (χ1v) is 7.97. The molecule has 0 saturated heterocycles. The van der Waals surface area contributed by atoms with Crippen molar-refractivity contribution < 1.29 is 0 Å². The topological polar surface area (TPSA) is 55.3 Å². The lowest BCUT2D eigenvalue weighted by Crippen LogP contribution is -2.34. The van der Waals surface area contributed by atoms with Crippen molar-refractivity contribution in [3.63, 3.8) is 0 Å². The van der Waals surface area contributed by atoms with Gasteiger partial charge in [0, 0.05) is 26.2 Å².